The van der Waals surface area contributed by atoms with Crippen LogP contribution in [0.4, 0.5) is 4.79 Å². The van der Waals surface area contributed by atoms with Crippen molar-refractivity contribution in [1.29, 1.82) is 0 Å². The van der Waals surface area contributed by atoms with Crippen LogP contribution in [-0.2, 0) is 11.3 Å². The Morgan fingerprint density at radius 2 is 2.31 bits per heavy atom. The van der Waals surface area contributed by atoms with Crippen molar-refractivity contribution in [2.75, 3.05) is 7.05 Å². The van der Waals surface area contributed by atoms with E-state index in [1.807, 2.05) is 0 Å². The molecule has 0 saturated heterocycles. The Morgan fingerprint density at radius 3 is 2.88 bits per heavy atom. The number of nitrogens with zero attached hydrogens (tertiary/aromatic N) is 1. The molecule has 1 aromatic rings. The van der Waals surface area contributed by atoms with E-state index in [1.54, 1.807) is 13.0 Å². The predicted octanol–water partition coefficient (Wildman–Crippen LogP) is -0.392. The minimum atomic E-state index is -0.528. The van der Waals surface area contributed by atoms with E-state index in [9.17, 15) is 9.59 Å². The van der Waals surface area contributed by atoms with Gasteiger partial charge in [-0.3, -0.25) is 10.1 Å². The quantitative estimate of drug-likeness (QED) is 0.649. The zero-order valence-electron chi connectivity index (χ0n) is 9.11. The summed E-state index contributed by atoms with van der Waals surface area (Å²) < 4.78 is 4.63. The number of imide groups is 1. The van der Waals surface area contributed by atoms with E-state index in [0.717, 1.165) is 0 Å². The number of carbonyl (C=O) groups is 2. The predicted molar refractivity (Wildman–Crippen MR) is 55.4 cm³/mol. The second-order valence-corrected chi connectivity index (χ2v) is 3.16. The molecular formula is C9H14N4O3. The molecule has 3 N–H and O–H groups in total. The molecule has 0 aliphatic heterocycles. The molecule has 0 aliphatic carbocycles. The highest BCUT2D eigenvalue weighted by atomic mass is 16.5. The molecule has 0 saturated carbocycles. The third kappa shape index (κ3) is 3.70. The van der Waals surface area contributed by atoms with Gasteiger partial charge >= 0.3 is 6.03 Å². The van der Waals surface area contributed by atoms with Gasteiger partial charge in [0.05, 0.1) is 11.7 Å². The van der Waals surface area contributed by atoms with Crippen LogP contribution in [0.3, 0.4) is 0 Å². The molecule has 0 aromatic carbocycles. The summed E-state index contributed by atoms with van der Waals surface area (Å²) in [5, 5.41) is 11.0. The molecule has 1 heterocycles. The van der Waals surface area contributed by atoms with E-state index in [4.69, 9.17) is 0 Å². The van der Waals surface area contributed by atoms with Crippen LogP contribution >= 0.6 is 0 Å². The largest absolute Gasteiger partial charge is 0.364 e. The fourth-order valence-electron chi connectivity index (χ4n) is 0.962. The van der Waals surface area contributed by atoms with Crippen molar-refractivity contribution in [2.24, 2.45) is 0 Å². The highest BCUT2D eigenvalue weighted by Gasteiger charge is 2.14. The molecule has 7 nitrogen and oxygen atoms in total. The van der Waals surface area contributed by atoms with Gasteiger partial charge in [0.1, 0.15) is 6.26 Å². The summed E-state index contributed by atoms with van der Waals surface area (Å²) in [7, 11) is 1.44. The van der Waals surface area contributed by atoms with Crippen LogP contribution in [0.25, 0.3) is 0 Å². The summed E-state index contributed by atoms with van der Waals surface area (Å²) >= 11 is 0. The SMILES string of the molecule is CNC(=O)NC(=O)C(C)NCc1ccon1. The Bertz CT molecular complexity index is 350. The Kier molecular flexibility index (Phi) is 4.46. The lowest BCUT2D eigenvalue weighted by molar-refractivity contribution is -0.121. The summed E-state index contributed by atoms with van der Waals surface area (Å²) in [6.07, 6.45) is 1.45. The van der Waals surface area contributed by atoms with E-state index in [0.29, 0.717) is 12.2 Å². The molecule has 0 aliphatic rings. The van der Waals surface area contributed by atoms with E-state index in [-0.39, 0.29) is 0 Å². The number of hydrogen-bond donors (Lipinski definition) is 3. The van der Waals surface area contributed by atoms with Crippen molar-refractivity contribution in [3.05, 3.63) is 18.0 Å². The number of rotatable bonds is 4. The van der Waals surface area contributed by atoms with Gasteiger partial charge in [0.25, 0.3) is 0 Å². The van der Waals surface area contributed by atoms with Crippen molar-refractivity contribution in [3.63, 3.8) is 0 Å². The van der Waals surface area contributed by atoms with E-state index >= 15 is 0 Å². The lowest BCUT2D eigenvalue weighted by Gasteiger charge is -2.11. The maximum atomic E-state index is 11.4. The molecule has 1 atom stereocenters. The number of nitrogens with one attached hydrogen (secondary N) is 3. The lowest BCUT2D eigenvalue weighted by Crippen LogP contribution is -2.47. The number of aromatic nitrogens is 1. The zero-order valence-corrected chi connectivity index (χ0v) is 9.11. The van der Waals surface area contributed by atoms with Crippen LogP contribution in [0.2, 0.25) is 0 Å². The second-order valence-electron chi connectivity index (χ2n) is 3.16. The van der Waals surface area contributed by atoms with Gasteiger partial charge in [0, 0.05) is 19.7 Å². The standard InChI is InChI=1S/C9H14N4O3/c1-6(8(14)12-9(15)10-2)11-5-7-3-4-16-13-7/h3-4,6,11H,5H2,1-2H3,(H2,10,12,14,15). The highest BCUT2D eigenvalue weighted by molar-refractivity contribution is 5.96. The molecule has 7 heteroatoms. The number of amides is 3. The molecule has 1 unspecified atom stereocenters. The average molecular weight is 226 g/mol. The van der Waals surface area contributed by atoms with Gasteiger partial charge in [-0.1, -0.05) is 5.16 Å². The Morgan fingerprint density at radius 1 is 1.56 bits per heavy atom. The number of urea groups is 1. The van der Waals surface area contributed by atoms with Crippen LogP contribution in [-0.4, -0.2) is 30.2 Å². The summed E-state index contributed by atoms with van der Waals surface area (Å²) in [5.41, 5.74) is 0.694. The van der Waals surface area contributed by atoms with Gasteiger partial charge in [-0.15, -0.1) is 0 Å². The molecule has 1 aromatic heterocycles. The van der Waals surface area contributed by atoms with E-state index < -0.39 is 18.0 Å². The Hall–Kier alpha value is -1.89. The third-order valence-corrected chi connectivity index (χ3v) is 1.94. The first-order chi connectivity index (χ1) is 7.63. The third-order valence-electron chi connectivity index (χ3n) is 1.94. The Labute approximate surface area is 92.6 Å². The fourth-order valence-corrected chi connectivity index (χ4v) is 0.962. The van der Waals surface area contributed by atoms with Gasteiger partial charge in [0.2, 0.25) is 5.91 Å². The first-order valence-electron chi connectivity index (χ1n) is 4.78. The zero-order chi connectivity index (χ0) is 12.0. The van der Waals surface area contributed by atoms with Crippen molar-refractivity contribution in [3.8, 4) is 0 Å². The molecule has 16 heavy (non-hydrogen) atoms. The minimum absolute atomic E-state index is 0.400. The molecule has 0 bridgehead atoms. The van der Waals surface area contributed by atoms with Crippen LogP contribution < -0.4 is 16.0 Å². The molecule has 0 fully saturated rings. The van der Waals surface area contributed by atoms with Gasteiger partial charge in [-0.2, -0.15) is 0 Å². The van der Waals surface area contributed by atoms with Crippen molar-refractivity contribution >= 4 is 11.9 Å². The molecule has 0 radical (unpaired) electrons. The van der Waals surface area contributed by atoms with Crippen LogP contribution in [0.1, 0.15) is 12.6 Å². The van der Waals surface area contributed by atoms with Crippen LogP contribution in [0.5, 0.6) is 0 Å². The summed E-state index contributed by atoms with van der Waals surface area (Å²) in [4.78, 5) is 22.3. The van der Waals surface area contributed by atoms with Crippen LogP contribution in [0.15, 0.2) is 16.9 Å². The monoisotopic (exact) mass is 226 g/mol. The maximum Gasteiger partial charge on any atom is 0.321 e. The number of carbonyl (C=O) groups excluding carboxylic acids is 2. The first-order valence-corrected chi connectivity index (χ1v) is 4.78. The van der Waals surface area contributed by atoms with Gasteiger partial charge in [0.15, 0.2) is 0 Å². The van der Waals surface area contributed by atoms with E-state index in [1.165, 1.54) is 13.3 Å². The average Bonchev–Trinajstić information content (AvgIpc) is 2.78. The summed E-state index contributed by atoms with van der Waals surface area (Å²) in [6, 6.07) is 0.671. The van der Waals surface area contributed by atoms with Crippen molar-refractivity contribution in [2.45, 2.75) is 19.5 Å². The van der Waals surface area contributed by atoms with Crippen molar-refractivity contribution in [1.82, 2.24) is 21.1 Å². The fraction of sp³-hybridized carbons (Fsp3) is 0.444. The van der Waals surface area contributed by atoms with Gasteiger partial charge in [-0.05, 0) is 6.92 Å². The molecule has 88 valence electrons. The summed E-state index contributed by atoms with van der Waals surface area (Å²) in [5.74, 6) is -0.400. The molecule has 0 spiro atoms. The maximum absolute atomic E-state index is 11.4. The summed E-state index contributed by atoms with van der Waals surface area (Å²) in [6.45, 7) is 2.05. The molecule has 1 rings (SSSR count). The molecular weight excluding hydrogens is 212 g/mol. The van der Waals surface area contributed by atoms with Gasteiger partial charge < -0.3 is 15.2 Å². The highest BCUT2D eigenvalue weighted by Crippen LogP contribution is 1.94. The topological polar surface area (TPSA) is 96.3 Å². The Balaban J connectivity index is 2.31. The van der Waals surface area contributed by atoms with Crippen molar-refractivity contribution < 1.29 is 14.1 Å². The van der Waals surface area contributed by atoms with Crippen LogP contribution in [0, 0.1) is 0 Å². The molecule has 3 amide bonds. The number of hydrogen-bond acceptors (Lipinski definition) is 5. The second kappa shape index (κ2) is 5.86. The first kappa shape index (κ1) is 12.2. The normalized spacial score (nSPS) is 11.9. The van der Waals surface area contributed by atoms with Gasteiger partial charge in [-0.25, -0.2) is 4.79 Å². The smallest absolute Gasteiger partial charge is 0.321 e. The minimum Gasteiger partial charge on any atom is -0.364 e. The lowest BCUT2D eigenvalue weighted by atomic mass is 10.3. The van der Waals surface area contributed by atoms with E-state index in [2.05, 4.69) is 25.6 Å².